The lowest BCUT2D eigenvalue weighted by atomic mass is 10.2. The Bertz CT molecular complexity index is 652. The average Bonchev–Trinajstić information content (AvgIpc) is 2.78. The number of non-ortho nitro benzene ring substituents is 1. The Kier molecular flexibility index (Phi) is 3.52. The molecule has 1 amide bonds. The summed E-state index contributed by atoms with van der Waals surface area (Å²) in [5.74, 6) is -0.885. The van der Waals surface area contributed by atoms with Gasteiger partial charge in [-0.05, 0) is 34.1 Å². The highest BCUT2D eigenvalue weighted by molar-refractivity contribution is 9.10. The SMILES string of the molecule is O=C(Nc1cc([N+](=O)[O-])ccc1O)c1ccc(Br)o1. The summed E-state index contributed by atoms with van der Waals surface area (Å²) >= 11 is 3.05. The fourth-order valence-electron chi connectivity index (χ4n) is 1.36. The van der Waals surface area contributed by atoms with Gasteiger partial charge in [0.05, 0.1) is 10.6 Å². The molecular weight excluding hydrogens is 320 g/mol. The molecule has 1 aromatic heterocycles. The lowest BCUT2D eigenvalue weighted by molar-refractivity contribution is -0.384. The maximum atomic E-state index is 11.8. The van der Waals surface area contributed by atoms with Crippen LogP contribution in [0.15, 0.2) is 39.4 Å². The van der Waals surface area contributed by atoms with Crippen LogP contribution in [-0.4, -0.2) is 15.9 Å². The monoisotopic (exact) mass is 326 g/mol. The van der Waals surface area contributed by atoms with Crippen LogP contribution in [0.2, 0.25) is 0 Å². The van der Waals surface area contributed by atoms with Crippen LogP contribution >= 0.6 is 15.9 Å². The van der Waals surface area contributed by atoms with Gasteiger partial charge in [0.2, 0.25) is 0 Å². The zero-order chi connectivity index (χ0) is 14.0. The molecule has 0 unspecified atom stereocenters. The Labute approximate surface area is 115 Å². The van der Waals surface area contributed by atoms with Crippen molar-refractivity contribution in [3.8, 4) is 5.75 Å². The second-order valence-electron chi connectivity index (χ2n) is 3.52. The predicted molar refractivity (Wildman–Crippen MR) is 69.1 cm³/mol. The van der Waals surface area contributed by atoms with Crippen LogP contribution in [-0.2, 0) is 0 Å². The van der Waals surface area contributed by atoms with Gasteiger partial charge in [-0.2, -0.15) is 0 Å². The molecule has 0 bridgehead atoms. The van der Waals surface area contributed by atoms with E-state index in [1.54, 1.807) is 0 Å². The summed E-state index contributed by atoms with van der Waals surface area (Å²) in [6, 6.07) is 6.28. The van der Waals surface area contributed by atoms with Crippen LogP contribution in [0.4, 0.5) is 11.4 Å². The van der Waals surface area contributed by atoms with Gasteiger partial charge >= 0.3 is 0 Å². The molecule has 98 valence electrons. The van der Waals surface area contributed by atoms with Crippen molar-refractivity contribution in [2.24, 2.45) is 0 Å². The van der Waals surface area contributed by atoms with Crippen LogP contribution in [0, 0.1) is 10.1 Å². The largest absolute Gasteiger partial charge is 0.506 e. The number of rotatable bonds is 3. The van der Waals surface area contributed by atoms with Gasteiger partial charge < -0.3 is 14.8 Å². The Morgan fingerprint density at radius 3 is 2.68 bits per heavy atom. The number of hydrogen-bond acceptors (Lipinski definition) is 5. The Hall–Kier alpha value is -2.35. The summed E-state index contributed by atoms with van der Waals surface area (Å²) in [6.07, 6.45) is 0. The molecule has 0 aliphatic rings. The molecule has 2 N–H and O–H groups in total. The van der Waals surface area contributed by atoms with E-state index >= 15 is 0 Å². The van der Waals surface area contributed by atoms with Gasteiger partial charge in [0.1, 0.15) is 5.75 Å². The van der Waals surface area contributed by atoms with E-state index in [1.165, 1.54) is 12.1 Å². The van der Waals surface area contributed by atoms with Gasteiger partial charge in [0.25, 0.3) is 11.6 Å². The van der Waals surface area contributed by atoms with E-state index in [2.05, 4.69) is 21.2 Å². The number of nitrogens with zero attached hydrogens (tertiary/aromatic N) is 1. The van der Waals surface area contributed by atoms with Gasteiger partial charge in [-0.3, -0.25) is 14.9 Å². The minimum Gasteiger partial charge on any atom is -0.506 e. The molecule has 1 heterocycles. The van der Waals surface area contributed by atoms with E-state index in [-0.39, 0.29) is 22.9 Å². The Morgan fingerprint density at radius 2 is 2.11 bits per heavy atom. The summed E-state index contributed by atoms with van der Waals surface area (Å²) < 4.78 is 5.40. The van der Waals surface area contributed by atoms with Gasteiger partial charge in [-0.1, -0.05) is 0 Å². The molecule has 19 heavy (non-hydrogen) atoms. The van der Waals surface area contributed by atoms with Crippen LogP contribution in [0.5, 0.6) is 5.75 Å². The number of hydrogen-bond donors (Lipinski definition) is 2. The first-order chi connectivity index (χ1) is 8.97. The lowest BCUT2D eigenvalue weighted by Crippen LogP contribution is -2.11. The third-order valence-electron chi connectivity index (χ3n) is 2.24. The minimum atomic E-state index is -0.626. The van der Waals surface area contributed by atoms with Crippen molar-refractivity contribution in [3.05, 3.63) is 50.9 Å². The van der Waals surface area contributed by atoms with Gasteiger partial charge in [0, 0.05) is 12.1 Å². The smallest absolute Gasteiger partial charge is 0.291 e. The molecule has 0 spiro atoms. The van der Waals surface area contributed by atoms with Crippen LogP contribution < -0.4 is 5.32 Å². The van der Waals surface area contributed by atoms with Crippen molar-refractivity contribution in [2.45, 2.75) is 0 Å². The quantitative estimate of drug-likeness (QED) is 0.512. The van der Waals surface area contributed by atoms with E-state index in [1.807, 2.05) is 0 Å². The first kappa shape index (κ1) is 13.1. The molecule has 0 saturated heterocycles. The fraction of sp³-hybridized carbons (Fsp3) is 0. The molecule has 0 aliphatic heterocycles. The maximum absolute atomic E-state index is 11.8. The summed E-state index contributed by atoms with van der Waals surface area (Å²) in [5.41, 5.74) is -0.305. The first-order valence-electron chi connectivity index (χ1n) is 5.01. The van der Waals surface area contributed by atoms with E-state index < -0.39 is 10.8 Å². The number of nitro groups is 1. The van der Waals surface area contributed by atoms with E-state index in [9.17, 15) is 20.0 Å². The first-order valence-corrected chi connectivity index (χ1v) is 5.81. The van der Waals surface area contributed by atoms with E-state index in [0.29, 0.717) is 4.67 Å². The van der Waals surface area contributed by atoms with Crippen molar-refractivity contribution in [3.63, 3.8) is 0 Å². The highest BCUT2D eigenvalue weighted by atomic mass is 79.9. The molecule has 0 saturated carbocycles. The summed E-state index contributed by atoms with van der Waals surface area (Å²) in [7, 11) is 0. The highest BCUT2D eigenvalue weighted by Crippen LogP contribution is 2.28. The molecule has 0 atom stereocenters. The number of amides is 1. The number of nitro benzene ring substituents is 1. The second kappa shape index (κ2) is 5.11. The van der Waals surface area contributed by atoms with E-state index in [4.69, 9.17) is 4.42 Å². The van der Waals surface area contributed by atoms with Crippen molar-refractivity contribution in [1.29, 1.82) is 0 Å². The third-order valence-corrected chi connectivity index (χ3v) is 2.66. The number of carbonyl (C=O) groups is 1. The second-order valence-corrected chi connectivity index (χ2v) is 4.30. The standard InChI is InChI=1S/C11H7BrN2O5/c12-10-4-3-9(19-10)11(16)13-7-5-6(14(17)18)1-2-8(7)15/h1-5,15H,(H,13,16). The fourth-order valence-corrected chi connectivity index (χ4v) is 1.66. The maximum Gasteiger partial charge on any atom is 0.291 e. The van der Waals surface area contributed by atoms with Crippen molar-refractivity contribution in [2.75, 3.05) is 5.32 Å². The molecule has 0 radical (unpaired) electrons. The predicted octanol–water partition coefficient (Wildman–Crippen LogP) is 2.91. The van der Waals surface area contributed by atoms with Crippen molar-refractivity contribution < 1.29 is 19.2 Å². The number of nitrogens with one attached hydrogen (secondary N) is 1. The van der Waals surface area contributed by atoms with Crippen LogP contribution in [0.25, 0.3) is 0 Å². The summed E-state index contributed by atoms with van der Waals surface area (Å²) in [5, 5.41) is 22.5. The number of phenols is 1. The van der Waals surface area contributed by atoms with E-state index in [0.717, 1.165) is 18.2 Å². The molecule has 2 aromatic rings. The van der Waals surface area contributed by atoms with Crippen LogP contribution in [0.3, 0.4) is 0 Å². The topological polar surface area (TPSA) is 106 Å². The van der Waals surface area contributed by atoms with Crippen molar-refractivity contribution >= 4 is 33.2 Å². The zero-order valence-corrected chi connectivity index (χ0v) is 10.9. The average molecular weight is 327 g/mol. The lowest BCUT2D eigenvalue weighted by Gasteiger charge is -2.05. The molecule has 1 aromatic carbocycles. The highest BCUT2D eigenvalue weighted by Gasteiger charge is 2.15. The molecule has 2 rings (SSSR count). The zero-order valence-electron chi connectivity index (χ0n) is 9.29. The number of benzene rings is 1. The number of carbonyl (C=O) groups excluding carboxylic acids is 1. The summed E-state index contributed by atoms with van der Waals surface area (Å²) in [4.78, 5) is 21.7. The molecule has 8 heteroatoms. The number of anilines is 1. The molecule has 0 aliphatic carbocycles. The normalized spacial score (nSPS) is 10.2. The number of furan rings is 1. The molecular formula is C11H7BrN2O5. The molecule has 0 fully saturated rings. The van der Waals surface area contributed by atoms with Gasteiger partial charge in [-0.15, -0.1) is 0 Å². The number of phenolic OH excluding ortho intramolecular Hbond substituents is 1. The van der Waals surface area contributed by atoms with Crippen molar-refractivity contribution in [1.82, 2.24) is 0 Å². The molecule has 7 nitrogen and oxygen atoms in total. The Morgan fingerprint density at radius 1 is 1.37 bits per heavy atom. The minimum absolute atomic E-state index is 0.0118. The summed E-state index contributed by atoms with van der Waals surface area (Å²) in [6.45, 7) is 0. The number of aromatic hydroxyl groups is 1. The van der Waals surface area contributed by atoms with Gasteiger partial charge in [0.15, 0.2) is 10.4 Å². The van der Waals surface area contributed by atoms with Gasteiger partial charge in [-0.25, -0.2) is 0 Å². The third kappa shape index (κ3) is 2.91. The Balaban J connectivity index is 2.25. The van der Waals surface area contributed by atoms with Crippen LogP contribution in [0.1, 0.15) is 10.6 Å². The number of halogens is 1.